The Hall–Kier alpha value is -4.48. The summed E-state index contributed by atoms with van der Waals surface area (Å²) in [6, 6.07) is 16.6. The Labute approximate surface area is 239 Å². The summed E-state index contributed by atoms with van der Waals surface area (Å²) in [5.74, 6) is -1.09. The highest BCUT2D eigenvalue weighted by atomic mass is 32.1. The highest BCUT2D eigenvalue weighted by molar-refractivity contribution is 7.15. The van der Waals surface area contributed by atoms with Crippen molar-refractivity contribution in [3.8, 4) is 10.4 Å². The van der Waals surface area contributed by atoms with Gasteiger partial charge in [-0.1, -0.05) is 12.1 Å². The first kappa shape index (κ1) is 28.1. The monoisotopic (exact) mass is 574 g/mol. The topological polar surface area (TPSA) is 101 Å². The van der Waals surface area contributed by atoms with Gasteiger partial charge in [-0.3, -0.25) is 4.79 Å². The van der Waals surface area contributed by atoms with E-state index in [-0.39, 0.29) is 5.91 Å². The van der Waals surface area contributed by atoms with Crippen LogP contribution in [-0.2, 0) is 11.3 Å². The van der Waals surface area contributed by atoms with Gasteiger partial charge in [-0.2, -0.15) is 0 Å². The van der Waals surface area contributed by atoms with Crippen LogP contribution in [0.2, 0.25) is 0 Å². The molecule has 5 rings (SSSR count). The Kier molecular flexibility index (Phi) is 8.76. The number of carbonyl (C=O) groups excluding carboxylic acids is 1. The van der Waals surface area contributed by atoms with Gasteiger partial charge < -0.3 is 20.7 Å². The predicted molar refractivity (Wildman–Crippen MR) is 157 cm³/mol. The maximum Gasteiger partial charge on any atom is 0.255 e. The van der Waals surface area contributed by atoms with Crippen molar-refractivity contribution >= 4 is 39.8 Å². The third kappa shape index (κ3) is 6.64. The lowest BCUT2D eigenvalue weighted by atomic mass is 10.1. The molecule has 41 heavy (non-hydrogen) atoms. The minimum absolute atomic E-state index is 0.349. The molecule has 2 aromatic carbocycles. The van der Waals surface area contributed by atoms with Crippen molar-refractivity contribution in [1.29, 1.82) is 0 Å². The number of aromatic nitrogens is 3. The zero-order valence-corrected chi connectivity index (χ0v) is 23.3. The average Bonchev–Trinajstić information content (AvgIpc) is 3.47. The molecule has 5 aromatic rings. The van der Waals surface area contributed by atoms with Crippen molar-refractivity contribution < 1.29 is 18.3 Å². The van der Waals surface area contributed by atoms with Gasteiger partial charge in [0.25, 0.3) is 5.91 Å². The van der Waals surface area contributed by atoms with Crippen LogP contribution in [0, 0.1) is 11.6 Å². The van der Waals surface area contributed by atoms with Gasteiger partial charge in [-0.25, -0.2) is 23.7 Å². The Morgan fingerprint density at radius 1 is 0.976 bits per heavy atom. The van der Waals surface area contributed by atoms with Crippen LogP contribution in [0.25, 0.3) is 21.3 Å². The summed E-state index contributed by atoms with van der Waals surface area (Å²) < 4.78 is 32.1. The smallest absolute Gasteiger partial charge is 0.255 e. The van der Waals surface area contributed by atoms with E-state index in [0.717, 1.165) is 44.2 Å². The van der Waals surface area contributed by atoms with Crippen LogP contribution >= 0.6 is 11.3 Å². The lowest BCUT2D eigenvalue weighted by Gasteiger charge is -2.16. The molecule has 1 atom stereocenters. The van der Waals surface area contributed by atoms with Gasteiger partial charge in [-0.05, 0) is 66.6 Å². The maximum atomic E-state index is 13.7. The number of thiophene rings is 1. The molecule has 3 N–H and O–H groups in total. The SMILES string of the molecule is COCCNc1ncnc2ccc(-c3ccc(CNc4ncccc4C(=O)NC(C)c4ccc(F)c(F)c4)s3)cc12. The fourth-order valence-corrected chi connectivity index (χ4v) is 5.23. The molecule has 0 aliphatic rings. The van der Waals surface area contributed by atoms with Gasteiger partial charge in [0.05, 0.1) is 30.3 Å². The van der Waals surface area contributed by atoms with Crippen molar-refractivity contribution in [2.24, 2.45) is 0 Å². The number of halogens is 2. The molecule has 8 nitrogen and oxygen atoms in total. The van der Waals surface area contributed by atoms with E-state index in [0.29, 0.717) is 36.6 Å². The Bertz CT molecular complexity index is 1680. The third-order valence-corrected chi connectivity index (χ3v) is 7.59. The van der Waals surface area contributed by atoms with Crippen LogP contribution in [0.4, 0.5) is 20.4 Å². The second-order valence-corrected chi connectivity index (χ2v) is 10.4. The number of methoxy groups -OCH3 is 1. The summed E-state index contributed by atoms with van der Waals surface area (Å²) in [5.41, 5.74) is 2.70. The lowest BCUT2D eigenvalue weighted by molar-refractivity contribution is 0.0940. The molecule has 1 unspecified atom stereocenters. The Morgan fingerprint density at radius 3 is 2.68 bits per heavy atom. The number of carbonyl (C=O) groups is 1. The number of amides is 1. The van der Waals surface area contributed by atoms with Crippen molar-refractivity contribution in [1.82, 2.24) is 20.3 Å². The van der Waals surface area contributed by atoms with E-state index >= 15 is 0 Å². The highest BCUT2D eigenvalue weighted by Gasteiger charge is 2.17. The van der Waals surface area contributed by atoms with Crippen LogP contribution in [0.3, 0.4) is 0 Å². The standard InChI is InChI=1S/C30H28F2N6O2S/c1-18(19-5-8-24(31)25(32)15-19)38-30(39)22-4-3-11-33-28(22)35-16-21-7-10-27(41-21)20-6-9-26-23(14-20)29(37-17-36-26)34-12-13-40-2/h3-11,14-15,17-18H,12-13,16H2,1-2H3,(H,33,35)(H,38,39)(H,34,36,37). The number of fused-ring (bicyclic) bond motifs is 1. The molecule has 3 aromatic heterocycles. The highest BCUT2D eigenvalue weighted by Crippen LogP contribution is 2.32. The summed E-state index contributed by atoms with van der Waals surface area (Å²) in [6.45, 7) is 3.37. The van der Waals surface area contributed by atoms with Crippen molar-refractivity contribution in [3.63, 3.8) is 0 Å². The fraction of sp³-hybridized carbons (Fsp3) is 0.200. The molecule has 0 bridgehead atoms. The van der Waals surface area contributed by atoms with Gasteiger partial charge in [0.2, 0.25) is 0 Å². The molecule has 1 amide bonds. The van der Waals surface area contributed by atoms with Gasteiger partial charge in [0, 0.05) is 35.0 Å². The van der Waals surface area contributed by atoms with E-state index in [9.17, 15) is 13.6 Å². The lowest BCUT2D eigenvalue weighted by Crippen LogP contribution is -2.27. The van der Waals surface area contributed by atoms with Gasteiger partial charge in [-0.15, -0.1) is 11.3 Å². The number of rotatable bonds is 11. The molecule has 0 saturated heterocycles. The van der Waals surface area contributed by atoms with Gasteiger partial charge in [0.15, 0.2) is 11.6 Å². The summed E-state index contributed by atoms with van der Waals surface area (Å²) in [6.07, 6.45) is 3.15. The molecule has 210 valence electrons. The molecule has 0 radical (unpaired) electrons. The zero-order chi connectivity index (χ0) is 28.8. The molecule has 3 heterocycles. The summed E-state index contributed by atoms with van der Waals surface area (Å²) >= 11 is 1.63. The molecular weight excluding hydrogens is 546 g/mol. The number of hydrogen-bond donors (Lipinski definition) is 3. The molecule has 11 heteroatoms. The van der Waals surface area contributed by atoms with Gasteiger partial charge in [0.1, 0.15) is 18.0 Å². The quantitative estimate of drug-likeness (QED) is 0.162. The van der Waals surface area contributed by atoms with E-state index in [1.54, 1.807) is 50.0 Å². The maximum absolute atomic E-state index is 13.7. The normalized spacial score (nSPS) is 11.8. The van der Waals surface area contributed by atoms with E-state index < -0.39 is 17.7 Å². The van der Waals surface area contributed by atoms with E-state index in [2.05, 4.69) is 43.0 Å². The minimum Gasteiger partial charge on any atom is -0.383 e. The number of nitrogens with one attached hydrogen (secondary N) is 3. The van der Waals surface area contributed by atoms with Crippen molar-refractivity contribution in [2.75, 3.05) is 30.9 Å². The van der Waals surface area contributed by atoms with Crippen LogP contribution in [0.5, 0.6) is 0 Å². The number of nitrogens with zero attached hydrogens (tertiary/aromatic N) is 3. The molecular formula is C30H28F2N6O2S. The van der Waals surface area contributed by atoms with Crippen molar-refractivity contribution in [2.45, 2.75) is 19.5 Å². The number of ether oxygens (including phenoxy) is 1. The summed E-state index contributed by atoms with van der Waals surface area (Å²) in [5, 5.41) is 10.3. The number of hydrogen-bond acceptors (Lipinski definition) is 8. The number of pyridine rings is 1. The first-order chi connectivity index (χ1) is 19.9. The largest absolute Gasteiger partial charge is 0.383 e. The van der Waals surface area contributed by atoms with Crippen molar-refractivity contribution in [3.05, 3.63) is 101 Å². The number of anilines is 2. The van der Waals surface area contributed by atoms with Crippen LogP contribution in [0.1, 0.15) is 33.8 Å². The van der Waals surface area contributed by atoms with Crippen LogP contribution < -0.4 is 16.0 Å². The first-order valence-electron chi connectivity index (χ1n) is 12.9. The second kappa shape index (κ2) is 12.8. The third-order valence-electron chi connectivity index (χ3n) is 6.45. The van der Waals surface area contributed by atoms with Gasteiger partial charge >= 0.3 is 0 Å². The Balaban J connectivity index is 1.27. The second-order valence-electron chi connectivity index (χ2n) is 9.26. The molecule has 0 aliphatic carbocycles. The van der Waals surface area contributed by atoms with E-state index in [4.69, 9.17) is 4.74 Å². The molecule has 0 aliphatic heterocycles. The molecule has 0 spiro atoms. The summed E-state index contributed by atoms with van der Waals surface area (Å²) in [7, 11) is 1.66. The van der Waals surface area contributed by atoms with Crippen LogP contribution in [0.15, 0.2) is 73.2 Å². The Morgan fingerprint density at radius 2 is 1.85 bits per heavy atom. The average molecular weight is 575 g/mol. The van der Waals surface area contributed by atoms with E-state index in [1.165, 1.54) is 6.07 Å². The first-order valence-corrected chi connectivity index (χ1v) is 13.8. The fourth-order valence-electron chi connectivity index (χ4n) is 4.29. The number of benzene rings is 2. The zero-order valence-electron chi connectivity index (χ0n) is 22.4. The predicted octanol–water partition coefficient (Wildman–Crippen LogP) is 6.19. The van der Waals surface area contributed by atoms with E-state index in [1.807, 2.05) is 18.2 Å². The molecule has 0 saturated carbocycles. The summed E-state index contributed by atoms with van der Waals surface area (Å²) in [4.78, 5) is 28.3. The molecule has 0 fully saturated rings. The van der Waals surface area contributed by atoms with Crippen LogP contribution in [-0.4, -0.2) is 41.1 Å². The minimum atomic E-state index is -0.959.